The molecule has 0 fully saturated rings. The maximum atomic E-state index is 13.5. The van der Waals surface area contributed by atoms with Gasteiger partial charge in [0, 0.05) is 47.2 Å². The largest absolute Gasteiger partial charge is 0.504 e. The number of esters is 1. The molecule has 174 valence electrons. The molecule has 0 spiro atoms. The maximum Gasteiger partial charge on any atom is 0.315 e. The smallest absolute Gasteiger partial charge is 0.315 e. The Kier molecular flexibility index (Phi) is 6.95. The van der Waals surface area contributed by atoms with E-state index >= 15 is 0 Å². The van der Waals surface area contributed by atoms with Crippen LogP contribution in [0.5, 0.6) is 11.5 Å². The quantitative estimate of drug-likeness (QED) is 0.482. The van der Waals surface area contributed by atoms with Crippen LogP contribution in [0.15, 0.2) is 52.0 Å². The Morgan fingerprint density at radius 2 is 2.03 bits per heavy atom. The van der Waals surface area contributed by atoms with E-state index in [0.717, 1.165) is 10.6 Å². The molecule has 1 unspecified atom stereocenters. The van der Waals surface area contributed by atoms with Crippen LogP contribution in [-0.4, -0.2) is 50.0 Å². The van der Waals surface area contributed by atoms with E-state index in [4.69, 9.17) is 19.2 Å². The molecular weight excluding hydrogens is 442 g/mol. The van der Waals surface area contributed by atoms with Crippen molar-refractivity contribution in [3.63, 3.8) is 0 Å². The van der Waals surface area contributed by atoms with E-state index in [9.17, 15) is 14.7 Å². The molecule has 33 heavy (non-hydrogen) atoms. The van der Waals surface area contributed by atoms with E-state index < -0.39 is 17.8 Å². The van der Waals surface area contributed by atoms with Crippen LogP contribution >= 0.6 is 11.3 Å². The number of ketones is 1. The molecule has 0 radical (unpaired) electrons. The Bertz CT molecular complexity index is 1100. The summed E-state index contributed by atoms with van der Waals surface area (Å²) >= 11 is 1.64. The number of allylic oxidation sites excluding steroid dienone is 2. The molecule has 4 rings (SSSR count). The molecule has 0 amide bonds. The highest BCUT2D eigenvalue weighted by atomic mass is 32.1. The zero-order valence-corrected chi connectivity index (χ0v) is 19.7. The molecular formula is C25H27NO6S. The number of carbonyl (C=O) groups is 2. The van der Waals surface area contributed by atoms with Crippen molar-refractivity contribution < 1.29 is 28.9 Å². The summed E-state index contributed by atoms with van der Waals surface area (Å²) in [6, 6.07) is 8.95. The summed E-state index contributed by atoms with van der Waals surface area (Å²) in [6.45, 7) is 2.20. The number of thiophene rings is 1. The normalized spacial score (nSPS) is 22.6. The van der Waals surface area contributed by atoms with Crippen molar-refractivity contribution in [2.24, 2.45) is 10.9 Å². The second kappa shape index (κ2) is 9.89. The van der Waals surface area contributed by atoms with E-state index in [1.165, 1.54) is 20.3 Å². The highest BCUT2D eigenvalue weighted by Gasteiger charge is 2.45. The number of hydrogen-bond donors (Lipinski definition) is 1. The van der Waals surface area contributed by atoms with Crippen LogP contribution in [0, 0.1) is 5.92 Å². The molecule has 7 nitrogen and oxygen atoms in total. The van der Waals surface area contributed by atoms with Crippen LogP contribution in [0.3, 0.4) is 0 Å². The number of Topliss-reactive ketones (excluding diaryl/α,β-unsaturated/α-hetero) is 1. The summed E-state index contributed by atoms with van der Waals surface area (Å²) in [5, 5.41) is 12.1. The van der Waals surface area contributed by atoms with E-state index in [1.807, 2.05) is 17.5 Å². The fourth-order valence-electron chi connectivity index (χ4n) is 4.65. The first-order valence-electron chi connectivity index (χ1n) is 10.8. The molecule has 0 saturated carbocycles. The summed E-state index contributed by atoms with van der Waals surface area (Å²) in [5.74, 6) is -1.45. The standard InChI is InChI=1S/C25H27NO6S/c1-14-22(25(29)32-9-8-30-2)23(15-6-7-18(27)20(13-15)31-3)24-17(26-14)11-16(12-19(24)28)21-5-4-10-33-21/h4-7,10,13,16,22-23,27H,8-9,11-12H2,1-3H3/t16-,22?,23-/m1/s1. The number of hydrogen-bond acceptors (Lipinski definition) is 8. The minimum atomic E-state index is -0.753. The van der Waals surface area contributed by atoms with Gasteiger partial charge in [0.25, 0.3) is 0 Å². The zero-order valence-electron chi connectivity index (χ0n) is 18.9. The van der Waals surface area contributed by atoms with Gasteiger partial charge in [-0.25, -0.2) is 0 Å². The third-order valence-electron chi connectivity index (χ3n) is 6.18. The molecule has 2 aliphatic rings. The van der Waals surface area contributed by atoms with Crippen molar-refractivity contribution in [3.05, 3.63) is 57.4 Å². The lowest BCUT2D eigenvalue weighted by Crippen LogP contribution is -2.38. The molecule has 2 heterocycles. The Morgan fingerprint density at radius 3 is 2.73 bits per heavy atom. The Morgan fingerprint density at radius 1 is 1.21 bits per heavy atom. The van der Waals surface area contributed by atoms with Gasteiger partial charge in [-0.15, -0.1) is 11.3 Å². The van der Waals surface area contributed by atoms with Gasteiger partial charge in [-0.3, -0.25) is 14.6 Å². The van der Waals surface area contributed by atoms with Gasteiger partial charge < -0.3 is 19.3 Å². The number of aliphatic imine (C=N–C) groups is 1. The number of methoxy groups -OCH3 is 2. The van der Waals surface area contributed by atoms with E-state index in [0.29, 0.717) is 29.7 Å². The highest BCUT2D eigenvalue weighted by molar-refractivity contribution is 7.10. The van der Waals surface area contributed by atoms with Crippen molar-refractivity contribution in [2.75, 3.05) is 27.4 Å². The first-order chi connectivity index (χ1) is 15.9. The summed E-state index contributed by atoms with van der Waals surface area (Å²) in [4.78, 5) is 32.6. The minimum absolute atomic E-state index is 0.0106. The maximum absolute atomic E-state index is 13.5. The van der Waals surface area contributed by atoms with Crippen LogP contribution < -0.4 is 4.74 Å². The Labute approximate surface area is 196 Å². The average molecular weight is 470 g/mol. The summed E-state index contributed by atoms with van der Waals surface area (Å²) < 4.78 is 15.8. The number of rotatable bonds is 7. The number of nitrogens with zero attached hydrogens (tertiary/aromatic N) is 1. The fraction of sp³-hybridized carbons (Fsp3) is 0.400. The van der Waals surface area contributed by atoms with Crippen LogP contribution in [-0.2, 0) is 19.1 Å². The first kappa shape index (κ1) is 23.2. The van der Waals surface area contributed by atoms with E-state index in [-0.39, 0.29) is 36.4 Å². The highest BCUT2D eigenvalue weighted by Crippen LogP contribution is 2.48. The lowest BCUT2D eigenvalue weighted by atomic mass is 9.70. The van der Waals surface area contributed by atoms with Crippen LogP contribution in [0.25, 0.3) is 0 Å². The third kappa shape index (κ3) is 4.58. The van der Waals surface area contributed by atoms with Gasteiger partial charge in [0.05, 0.1) is 13.7 Å². The van der Waals surface area contributed by atoms with Crippen molar-refractivity contribution >= 4 is 28.8 Å². The van der Waals surface area contributed by atoms with Crippen molar-refractivity contribution in [1.82, 2.24) is 0 Å². The molecule has 0 saturated heterocycles. The predicted octanol–water partition coefficient (Wildman–Crippen LogP) is 4.23. The van der Waals surface area contributed by atoms with E-state index in [1.54, 1.807) is 30.4 Å². The van der Waals surface area contributed by atoms with Crippen molar-refractivity contribution in [2.45, 2.75) is 31.6 Å². The molecule has 0 bridgehead atoms. The topological polar surface area (TPSA) is 94.4 Å². The number of ether oxygens (including phenoxy) is 3. The summed E-state index contributed by atoms with van der Waals surface area (Å²) in [6.07, 6.45) is 1.00. The second-order valence-corrected chi connectivity index (χ2v) is 9.18. The fourth-order valence-corrected chi connectivity index (χ4v) is 5.48. The van der Waals surface area contributed by atoms with Crippen molar-refractivity contribution in [1.29, 1.82) is 0 Å². The molecule has 1 N–H and O–H groups in total. The van der Waals surface area contributed by atoms with Gasteiger partial charge in [-0.05, 0) is 42.5 Å². The van der Waals surface area contributed by atoms with Gasteiger partial charge in [-0.2, -0.15) is 0 Å². The summed E-state index contributed by atoms with van der Waals surface area (Å²) in [7, 11) is 3.00. The van der Waals surface area contributed by atoms with Crippen LogP contribution in [0.4, 0.5) is 0 Å². The van der Waals surface area contributed by atoms with Gasteiger partial charge in [0.2, 0.25) is 0 Å². The number of aromatic hydroxyl groups is 1. The number of phenolic OH excluding ortho intramolecular Hbond substituents is 1. The van der Waals surface area contributed by atoms with Gasteiger partial charge in [-0.1, -0.05) is 12.1 Å². The second-order valence-electron chi connectivity index (χ2n) is 8.20. The molecule has 1 aliphatic carbocycles. The van der Waals surface area contributed by atoms with Gasteiger partial charge in [0.15, 0.2) is 17.3 Å². The van der Waals surface area contributed by atoms with Crippen molar-refractivity contribution in [3.8, 4) is 11.5 Å². The predicted molar refractivity (Wildman–Crippen MR) is 125 cm³/mol. The molecule has 1 aromatic carbocycles. The number of benzene rings is 1. The SMILES string of the molecule is COCCOC(=O)C1C(C)=NC2=C(C(=O)C[C@H](c3cccs3)C2)[C@@H]1c1ccc(O)c(OC)c1. The van der Waals surface area contributed by atoms with Gasteiger partial charge in [0.1, 0.15) is 12.5 Å². The lowest BCUT2D eigenvalue weighted by molar-refractivity contribution is -0.147. The molecule has 3 atom stereocenters. The number of phenols is 1. The molecule has 8 heteroatoms. The molecule has 2 aromatic rings. The Balaban J connectivity index is 1.78. The van der Waals surface area contributed by atoms with Crippen LogP contribution in [0.1, 0.15) is 42.0 Å². The monoisotopic (exact) mass is 469 g/mol. The van der Waals surface area contributed by atoms with Gasteiger partial charge >= 0.3 is 5.97 Å². The first-order valence-corrected chi connectivity index (χ1v) is 11.7. The Hall–Kier alpha value is -2.97. The number of carbonyl (C=O) groups excluding carboxylic acids is 2. The van der Waals surface area contributed by atoms with E-state index in [2.05, 4.69) is 0 Å². The average Bonchev–Trinajstić information content (AvgIpc) is 3.33. The lowest BCUT2D eigenvalue weighted by Gasteiger charge is -2.36. The summed E-state index contributed by atoms with van der Waals surface area (Å²) in [5.41, 5.74) is 2.57. The van der Waals surface area contributed by atoms with Crippen LogP contribution in [0.2, 0.25) is 0 Å². The molecule has 1 aromatic heterocycles. The minimum Gasteiger partial charge on any atom is -0.504 e. The third-order valence-corrected chi connectivity index (χ3v) is 7.22. The zero-order chi connectivity index (χ0) is 23.5. The molecule has 1 aliphatic heterocycles.